The Kier molecular flexibility index (Phi) is 2.84. The Bertz CT molecular complexity index is 583. The van der Waals surface area contributed by atoms with Gasteiger partial charge in [0.05, 0.1) is 0 Å². The molecule has 0 radical (unpaired) electrons. The van der Waals surface area contributed by atoms with Crippen molar-refractivity contribution in [1.29, 1.82) is 0 Å². The van der Waals surface area contributed by atoms with Gasteiger partial charge in [0.2, 0.25) is 0 Å². The minimum Gasteiger partial charge on any atom is -0.0614 e. The molecule has 1 heteroatoms. The minimum absolute atomic E-state index is 0.254. The fourth-order valence-corrected chi connectivity index (χ4v) is 5.34. The predicted molar refractivity (Wildman–Crippen MR) is 83.4 cm³/mol. The zero-order valence-corrected chi connectivity index (χ0v) is 12.0. The van der Waals surface area contributed by atoms with Crippen LogP contribution < -0.4 is 10.6 Å². The van der Waals surface area contributed by atoms with Gasteiger partial charge in [-0.05, 0) is 61.3 Å². The van der Waals surface area contributed by atoms with Crippen molar-refractivity contribution in [2.75, 3.05) is 6.66 Å². The van der Waals surface area contributed by atoms with Gasteiger partial charge in [0, 0.05) is 0 Å². The van der Waals surface area contributed by atoms with Crippen molar-refractivity contribution < 1.29 is 0 Å². The summed E-state index contributed by atoms with van der Waals surface area (Å²) in [4.78, 5) is 0. The van der Waals surface area contributed by atoms with E-state index in [0.717, 1.165) is 0 Å². The first kappa shape index (κ1) is 11.7. The fraction of sp³-hybridized carbons (Fsp3) is 0.176. The molecule has 1 aliphatic heterocycles. The number of fused-ring (bicyclic) bond motifs is 2. The van der Waals surface area contributed by atoms with Gasteiger partial charge in [-0.2, -0.15) is 0 Å². The Hall–Kier alpha value is -1.39. The normalized spacial score (nSPS) is 13.9. The molecule has 1 heterocycles. The van der Waals surface area contributed by atoms with E-state index in [9.17, 15) is 0 Å². The lowest BCUT2D eigenvalue weighted by Crippen LogP contribution is -2.18. The molecule has 0 bridgehead atoms. The summed E-state index contributed by atoms with van der Waals surface area (Å²) in [5, 5.41) is 3.08. The van der Waals surface area contributed by atoms with Crippen molar-refractivity contribution in [3.63, 3.8) is 0 Å². The van der Waals surface area contributed by atoms with Crippen molar-refractivity contribution in [2.24, 2.45) is 0 Å². The van der Waals surface area contributed by atoms with Crippen LogP contribution in [0.1, 0.15) is 22.3 Å². The minimum atomic E-state index is -0.254. The average Bonchev–Trinajstić information content (AvgIpc) is 2.49. The van der Waals surface area contributed by atoms with Crippen LogP contribution in [0, 0.1) is 13.8 Å². The molecule has 0 aliphatic carbocycles. The molecule has 1 aliphatic rings. The molecule has 90 valence electrons. The number of aryl methyl sites for hydroxylation is 2. The number of hydrogen-bond acceptors (Lipinski definition) is 0. The fourth-order valence-electron chi connectivity index (χ4n) is 2.84. The number of hydrogen-bond donors (Lipinski definition) is 0. The first-order valence-electron chi connectivity index (χ1n) is 6.29. The number of rotatable bonds is 0. The van der Waals surface area contributed by atoms with E-state index < -0.39 is 0 Å². The quantitative estimate of drug-likeness (QED) is 0.625. The highest BCUT2D eigenvalue weighted by atomic mass is 31.1. The molecule has 0 fully saturated rings. The van der Waals surface area contributed by atoms with E-state index in [4.69, 9.17) is 0 Å². The van der Waals surface area contributed by atoms with Gasteiger partial charge in [-0.3, -0.25) is 0 Å². The largest absolute Gasteiger partial charge is 0.0614 e. The van der Waals surface area contributed by atoms with Gasteiger partial charge in [-0.15, -0.1) is 0 Å². The molecule has 0 N–H and O–H groups in total. The smallest absolute Gasteiger partial charge is 0.00964 e. The van der Waals surface area contributed by atoms with Crippen molar-refractivity contribution in [1.82, 2.24) is 0 Å². The highest BCUT2D eigenvalue weighted by molar-refractivity contribution is 7.72. The third kappa shape index (κ3) is 1.72. The van der Waals surface area contributed by atoms with E-state index in [1.165, 1.54) is 32.9 Å². The molecule has 0 saturated heterocycles. The van der Waals surface area contributed by atoms with E-state index in [-0.39, 0.29) is 7.92 Å². The first-order valence-corrected chi connectivity index (χ1v) is 8.08. The predicted octanol–water partition coefficient (Wildman–Crippen LogP) is 3.85. The molecule has 0 spiro atoms. The Balaban J connectivity index is 2.32. The van der Waals surface area contributed by atoms with Crippen molar-refractivity contribution >= 4 is 30.7 Å². The van der Waals surface area contributed by atoms with Crippen LogP contribution in [0.25, 0.3) is 12.2 Å². The second kappa shape index (κ2) is 4.37. The van der Waals surface area contributed by atoms with Crippen LogP contribution in [0.2, 0.25) is 0 Å². The summed E-state index contributed by atoms with van der Waals surface area (Å²) in [7, 11) is -0.254. The molecule has 18 heavy (non-hydrogen) atoms. The Labute approximate surface area is 110 Å². The monoisotopic (exact) mass is 252 g/mol. The number of benzene rings is 2. The Morgan fingerprint density at radius 1 is 0.722 bits per heavy atom. The first-order chi connectivity index (χ1) is 8.68. The maximum absolute atomic E-state index is 2.39. The molecule has 0 amide bonds. The maximum Gasteiger partial charge on any atom is -0.00964 e. The van der Waals surface area contributed by atoms with Crippen LogP contribution in [-0.4, -0.2) is 6.66 Å². The average molecular weight is 252 g/mol. The summed E-state index contributed by atoms with van der Waals surface area (Å²) in [6.07, 6.45) is 4.54. The summed E-state index contributed by atoms with van der Waals surface area (Å²) < 4.78 is 0. The zero-order valence-electron chi connectivity index (χ0n) is 11.1. The highest BCUT2D eigenvalue weighted by Gasteiger charge is 2.19. The zero-order chi connectivity index (χ0) is 12.7. The second-order valence-electron chi connectivity index (χ2n) is 4.92. The summed E-state index contributed by atoms with van der Waals surface area (Å²) in [6.45, 7) is 6.85. The molecule has 0 saturated carbocycles. The van der Waals surface area contributed by atoms with Crippen molar-refractivity contribution in [3.05, 3.63) is 58.7 Å². The van der Waals surface area contributed by atoms with Gasteiger partial charge >= 0.3 is 0 Å². The SMILES string of the molecule is Cc1cccc2c1P(C)c1c(C)cccc1C=C2. The maximum atomic E-state index is 2.39. The highest BCUT2D eigenvalue weighted by Crippen LogP contribution is 2.37. The van der Waals surface area contributed by atoms with Gasteiger partial charge in [0.15, 0.2) is 0 Å². The summed E-state index contributed by atoms with van der Waals surface area (Å²) in [5.41, 5.74) is 5.61. The lowest BCUT2D eigenvalue weighted by Gasteiger charge is -2.20. The molecule has 0 nitrogen and oxygen atoms in total. The molecule has 2 aromatic rings. The van der Waals surface area contributed by atoms with Crippen molar-refractivity contribution in [2.45, 2.75) is 13.8 Å². The Morgan fingerprint density at radius 2 is 1.17 bits per heavy atom. The van der Waals surface area contributed by atoms with Gasteiger partial charge < -0.3 is 0 Å². The second-order valence-corrected chi connectivity index (χ2v) is 6.93. The summed E-state index contributed by atoms with van der Waals surface area (Å²) in [6, 6.07) is 13.2. The van der Waals surface area contributed by atoms with Crippen LogP contribution in [0.5, 0.6) is 0 Å². The van der Waals surface area contributed by atoms with E-state index in [1.807, 2.05) is 0 Å². The van der Waals surface area contributed by atoms with Gasteiger partial charge in [-0.1, -0.05) is 48.6 Å². The van der Waals surface area contributed by atoms with Crippen LogP contribution in [0.15, 0.2) is 36.4 Å². The van der Waals surface area contributed by atoms with Crippen molar-refractivity contribution in [3.8, 4) is 0 Å². The Morgan fingerprint density at radius 3 is 1.61 bits per heavy atom. The molecule has 0 aromatic heterocycles. The molecule has 0 unspecified atom stereocenters. The summed E-state index contributed by atoms with van der Waals surface area (Å²) in [5.74, 6) is 0. The van der Waals surface area contributed by atoms with E-state index in [2.05, 4.69) is 69.1 Å². The standard InChI is InChI=1S/C17H17P/c1-12-6-4-8-14-10-11-15-9-5-7-13(2)17(15)18(3)16(12)14/h4-11H,1-3H3. The van der Waals surface area contributed by atoms with Crippen LogP contribution in [-0.2, 0) is 0 Å². The molecule has 2 aromatic carbocycles. The molecular formula is C17H17P. The molecular weight excluding hydrogens is 235 g/mol. The van der Waals surface area contributed by atoms with Crippen LogP contribution >= 0.6 is 7.92 Å². The lowest BCUT2D eigenvalue weighted by molar-refractivity contribution is 1.50. The lowest BCUT2D eigenvalue weighted by atomic mass is 10.1. The molecule has 3 rings (SSSR count). The molecule has 0 atom stereocenters. The van der Waals surface area contributed by atoms with E-state index in [0.29, 0.717) is 0 Å². The van der Waals surface area contributed by atoms with Crippen LogP contribution in [0.3, 0.4) is 0 Å². The van der Waals surface area contributed by atoms with E-state index >= 15 is 0 Å². The third-order valence-corrected chi connectivity index (χ3v) is 6.21. The topological polar surface area (TPSA) is 0 Å². The van der Waals surface area contributed by atoms with E-state index in [1.54, 1.807) is 0 Å². The third-order valence-electron chi connectivity index (χ3n) is 3.65. The van der Waals surface area contributed by atoms with Crippen LogP contribution in [0.4, 0.5) is 0 Å². The van der Waals surface area contributed by atoms with Gasteiger partial charge in [0.1, 0.15) is 0 Å². The van der Waals surface area contributed by atoms with Gasteiger partial charge in [-0.25, -0.2) is 0 Å². The van der Waals surface area contributed by atoms with Gasteiger partial charge in [0.25, 0.3) is 0 Å². The summed E-state index contributed by atoms with van der Waals surface area (Å²) >= 11 is 0.